The molecule has 5 atom stereocenters. The van der Waals surface area contributed by atoms with Crippen molar-refractivity contribution in [3.63, 3.8) is 0 Å². The first-order valence-electron chi connectivity index (χ1n) is 15.7. The van der Waals surface area contributed by atoms with Crippen molar-refractivity contribution < 1.29 is 28.5 Å². The van der Waals surface area contributed by atoms with Crippen molar-refractivity contribution in [1.29, 1.82) is 0 Å². The van der Waals surface area contributed by atoms with Crippen molar-refractivity contribution in [2.45, 2.75) is 118 Å². The van der Waals surface area contributed by atoms with Gasteiger partial charge in [-0.3, -0.25) is 4.79 Å². The lowest BCUT2D eigenvalue weighted by atomic mass is 9.82. The van der Waals surface area contributed by atoms with Crippen LogP contribution in [0.15, 0.2) is 0 Å². The molecule has 6 nitrogen and oxygen atoms in total. The smallest absolute Gasteiger partial charge is 0.309 e. The molecule has 224 valence electrons. The molecule has 0 aliphatic carbocycles. The van der Waals surface area contributed by atoms with E-state index in [0.717, 1.165) is 44.8 Å². The first kappa shape index (κ1) is 33.5. The quantitative estimate of drug-likeness (QED) is 0.0962. The van der Waals surface area contributed by atoms with Gasteiger partial charge in [-0.15, -0.1) is 0 Å². The third-order valence-corrected chi connectivity index (χ3v) is 8.38. The number of carbonyl (C=O) groups is 1. The summed E-state index contributed by atoms with van der Waals surface area (Å²) in [5, 5.41) is 0. The summed E-state index contributed by atoms with van der Waals surface area (Å²) in [6.07, 6.45) is 10.5. The van der Waals surface area contributed by atoms with Crippen LogP contribution in [0.5, 0.6) is 0 Å². The van der Waals surface area contributed by atoms with Gasteiger partial charge >= 0.3 is 5.97 Å². The summed E-state index contributed by atoms with van der Waals surface area (Å²) >= 11 is 0. The zero-order chi connectivity index (χ0) is 28.0. The lowest BCUT2D eigenvalue weighted by molar-refractivity contribution is -0.159. The molecule has 2 aliphatic rings. The Morgan fingerprint density at radius 2 is 1.29 bits per heavy atom. The molecule has 0 N–H and O–H groups in total. The topological polar surface area (TPSA) is 69.8 Å². The van der Waals surface area contributed by atoms with E-state index in [1.54, 1.807) is 0 Å². The Morgan fingerprint density at radius 3 is 1.76 bits per heavy atom. The normalized spacial score (nSPS) is 22.8. The predicted octanol–water partition coefficient (Wildman–Crippen LogP) is 7.08. The summed E-state index contributed by atoms with van der Waals surface area (Å²) in [5.41, 5.74) is -0.352. The number of epoxide rings is 2. The Hall–Kier alpha value is -0.690. The Labute approximate surface area is 234 Å². The van der Waals surface area contributed by atoms with E-state index >= 15 is 0 Å². The van der Waals surface area contributed by atoms with Crippen LogP contribution in [0.3, 0.4) is 0 Å². The molecule has 6 heteroatoms. The molecule has 0 amide bonds. The molecule has 2 fully saturated rings. The van der Waals surface area contributed by atoms with Gasteiger partial charge in [0, 0.05) is 0 Å². The molecule has 0 saturated carbocycles. The lowest BCUT2D eigenvalue weighted by Crippen LogP contribution is -2.39. The van der Waals surface area contributed by atoms with Crippen LogP contribution >= 0.6 is 0 Å². The fraction of sp³-hybridized carbons (Fsp3) is 0.969. The van der Waals surface area contributed by atoms with Gasteiger partial charge in [-0.05, 0) is 49.4 Å². The number of hydrogen-bond donors (Lipinski definition) is 0. The van der Waals surface area contributed by atoms with E-state index in [0.29, 0.717) is 50.8 Å². The van der Waals surface area contributed by atoms with Gasteiger partial charge < -0.3 is 23.7 Å². The molecule has 38 heavy (non-hydrogen) atoms. The second-order valence-electron chi connectivity index (χ2n) is 13.3. The molecule has 0 aromatic rings. The second-order valence-corrected chi connectivity index (χ2v) is 13.3. The minimum Gasteiger partial charge on any atom is -0.465 e. The standard InChI is InChI=1S/C32H60O6/c1-8-32(21-34-17-28-19-36-28,22-35-18-29-20-37-29)23-38-31(33)30(27(7)14-10-12-25(4)5)16-15-26(6)13-9-11-24(2)3/h24-30H,8-23H2,1-7H3. The van der Waals surface area contributed by atoms with E-state index in [-0.39, 0.29) is 29.5 Å². The van der Waals surface area contributed by atoms with Crippen LogP contribution < -0.4 is 0 Å². The van der Waals surface area contributed by atoms with E-state index in [1.807, 2.05) is 0 Å². The van der Waals surface area contributed by atoms with Crippen molar-refractivity contribution in [2.24, 2.45) is 35.0 Å². The van der Waals surface area contributed by atoms with Gasteiger partial charge in [-0.2, -0.15) is 0 Å². The third-order valence-electron chi connectivity index (χ3n) is 8.38. The predicted molar refractivity (Wildman–Crippen MR) is 153 cm³/mol. The number of esters is 1. The average Bonchev–Trinajstić information content (AvgIpc) is 3.78. The maximum absolute atomic E-state index is 13.6. The van der Waals surface area contributed by atoms with Gasteiger partial charge in [0.2, 0.25) is 0 Å². The Morgan fingerprint density at radius 1 is 0.763 bits per heavy atom. The summed E-state index contributed by atoms with van der Waals surface area (Å²) in [5.74, 6) is 2.33. The Bertz CT molecular complexity index is 609. The van der Waals surface area contributed by atoms with Crippen LogP contribution in [0.1, 0.15) is 106 Å². The SMILES string of the molecule is CCC(COCC1CO1)(COCC1CO1)COC(=O)C(CCC(C)CCCC(C)C)C(C)CCCC(C)C. The molecule has 0 aromatic heterocycles. The summed E-state index contributed by atoms with van der Waals surface area (Å²) < 4.78 is 28.8. The minimum absolute atomic E-state index is 0.0368. The van der Waals surface area contributed by atoms with Crippen LogP contribution in [-0.2, 0) is 28.5 Å². The highest BCUT2D eigenvalue weighted by Crippen LogP contribution is 2.31. The van der Waals surface area contributed by atoms with Crippen LogP contribution in [0.4, 0.5) is 0 Å². The summed E-state index contributed by atoms with van der Waals surface area (Å²) in [6.45, 7) is 19.9. The highest BCUT2D eigenvalue weighted by molar-refractivity contribution is 5.72. The zero-order valence-corrected chi connectivity index (χ0v) is 25.8. The zero-order valence-electron chi connectivity index (χ0n) is 25.8. The van der Waals surface area contributed by atoms with Crippen molar-refractivity contribution in [3.8, 4) is 0 Å². The van der Waals surface area contributed by atoms with Crippen molar-refractivity contribution in [3.05, 3.63) is 0 Å². The monoisotopic (exact) mass is 540 g/mol. The van der Waals surface area contributed by atoms with Crippen molar-refractivity contribution in [2.75, 3.05) is 46.2 Å². The Kier molecular flexibility index (Phi) is 15.8. The summed E-state index contributed by atoms with van der Waals surface area (Å²) in [4.78, 5) is 13.6. The first-order chi connectivity index (χ1) is 18.1. The highest BCUT2D eigenvalue weighted by Gasteiger charge is 2.36. The molecular weight excluding hydrogens is 480 g/mol. The van der Waals surface area contributed by atoms with E-state index in [4.69, 9.17) is 23.7 Å². The summed E-state index contributed by atoms with van der Waals surface area (Å²) in [6, 6.07) is 0. The number of rotatable bonds is 24. The molecule has 0 bridgehead atoms. The highest BCUT2D eigenvalue weighted by atomic mass is 16.6. The van der Waals surface area contributed by atoms with Gasteiger partial charge in [0.15, 0.2) is 0 Å². The first-order valence-corrected chi connectivity index (χ1v) is 15.7. The summed E-state index contributed by atoms with van der Waals surface area (Å²) in [7, 11) is 0. The maximum atomic E-state index is 13.6. The van der Waals surface area contributed by atoms with Gasteiger partial charge in [0.05, 0.1) is 51.0 Å². The molecule has 0 radical (unpaired) electrons. The molecule has 0 spiro atoms. The minimum atomic E-state index is -0.352. The Balaban J connectivity index is 1.95. The molecular formula is C32H60O6. The van der Waals surface area contributed by atoms with Gasteiger partial charge in [-0.1, -0.05) is 80.6 Å². The van der Waals surface area contributed by atoms with Gasteiger partial charge in [0.25, 0.3) is 0 Å². The molecule has 0 aromatic carbocycles. The van der Waals surface area contributed by atoms with E-state index in [2.05, 4.69) is 48.5 Å². The lowest BCUT2D eigenvalue weighted by Gasteiger charge is -2.33. The molecule has 2 heterocycles. The van der Waals surface area contributed by atoms with E-state index in [9.17, 15) is 4.79 Å². The molecule has 5 unspecified atom stereocenters. The number of hydrogen-bond acceptors (Lipinski definition) is 6. The second kappa shape index (κ2) is 17.9. The van der Waals surface area contributed by atoms with Crippen molar-refractivity contribution >= 4 is 5.97 Å². The molecule has 2 aliphatic heterocycles. The fourth-order valence-electron chi connectivity index (χ4n) is 5.07. The van der Waals surface area contributed by atoms with Crippen LogP contribution in [0.2, 0.25) is 0 Å². The van der Waals surface area contributed by atoms with Crippen molar-refractivity contribution in [1.82, 2.24) is 0 Å². The van der Waals surface area contributed by atoms with E-state index in [1.165, 1.54) is 32.1 Å². The molecule has 2 saturated heterocycles. The molecule has 2 rings (SSSR count). The van der Waals surface area contributed by atoms with Crippen LogP contribution in [0.25, 0.3) is 0 Å². The van der Waals surface area contributed by atoms with E-state index < -0.39 is 0 Å². The van der Waals surface area contributed by atoms with Gasteiger partial charge in [0.1, 0.15) is 18.8 Å². The van der Waals surface area contributed by atoms with Gasteiger partial charge in [-0.25, -0.2) is 0 Å². The van der Waals surface area contributed by atoms with Crippen LogP contribution in [0, 0.1) is 35.0 Å². The maximum Gasteiger partial charge on any atom is 0.309 e. The van der Waals surface area contributed by atoms with Crippen LogP contribution in [-0.4, -0.2) is 64.4 Å². The third kappa shape index (κ3) is 14.6. The number of carbonyl (C=O) groups excluding carboxylic acids is 1. The fourth-order valence-corrected chi connectivity index (χ4v) is 5.07. The average molecular weight is 541 g/mol. The largest absolute Gasteiger partial charge is 0.465 e. The number of ether oxygens (including phenoxy) is 5.